The quantitative estimate of drug-likeness (QED) is 0.457. The van der Waals surface area contributed by atoms with Crippen LogP contribution in [0, 0.1) is 20.8 Å². The maximum Gasteiger partial charge on any atom is 0.331 e. The number of amides is 1. The van der Waals surface area contributed by atoms with Gasteiger partial charge in [0.1, 0.15) is 6.61 Å². The number of nitrogens with zero attached hydrogens (tertiary/aromatic N) is 3. The van der Waals surface area contributed by atoms with Crippen LogP contribution in [0.5, 0.6) is 0 Å². The fourth-order valence-electron chi connectivity index (χ4n) is 2.90. The molecule has 7 nitrogen and oxygen atoms in total. The van der Waals surface area contributed by atoms with Crippen LogP contribution >= 0.6 is 11.3 Å². The number of anilines is 1. The van der Waals surface area contributed by atoms with Crippen LogP contribution in [-0.4, -0.2) is 26.6 Å². The van der Waals surface area contributed by atoms with Crippen molar-refractivity contribution in [2.24, 2.45) is 0 Å². The van der Waals surface area contributed by atoms with Crippen LogP contribution in [-0.2, 0) is 27.5 Å². The van der Waals surface area contributed by atoms with Crippen molar-refractivity contribution in [3.63, 3.8) is 0 Å². The Morgan fingerprint density at radius 2 is 1.93 bits per heavy atom. The fourth-order valence-corrected chi connectivity index (χ4v) is 3.64. The van der Waals surface area contributed by atoms with Crippen LogP contribution in [0.1, 0.15) is 40.7 Å². The molecule has 0 spiro atoms. The molecule has 1 N–H and O–H groups in total. The Kier molecular flexibility index (Phi) is 6.79. The second-order valence-corrected chi connectivity index (χ2v) is 7.85. The first-order valence-corrected chi connectivity index (χ1v) is 10.4. The number of ether oxygens (including phenoxy) is 1. The number of hydrogen-bond acceptors (Lipinski definition) is 6. The van der Waals surface area contributed by atoms with Gasteiger partial charge in [-0.1, -0.05) is 29.8 Å². The van der Waals surface area contributed by atoms with E-state index in [0.29, 0.717) is 17.4 Å². The van der Waals surface area contributed by atoms with Gasteiger partial charge in [-0.3, -0.25) is 9.48 Å². The molecule has 0 aliphatic rings. The molecular weight excluding hydrogens is 400 g/mol. The van der Waals surface area contributed by atoms with Gasteiger partial charge in [0.25, 0.3) is 0 Å². The molecule has 0 fully saturated rings. The third-order valence-corrected chi connectivity index (χ3v) is 5.28. The van der Waals surface area contributed by atoms with Gasteiger partial charge in [-0.25, -0.2) is 9.78 Å². The van der Waals surface area contributed by atoms with E-state index in [2.05, 4.69) is 46.6 Å². The summed E-state index contributed by atoms with van der Waals surface area (Å²) in [7, 11) is 0. The number of nitrogens with one attached hydrogen (secondary N) is 1. The molecule has 0 saturated carbocycles. The lowest BCUT2D eigenvalue weighted by Crippen LogP contribution is -2.06. The van der Waals surface area contributed by atoms with Gasteiger partial charge in [0, 0.05) is 29.6 Å². The SMILES string of the molecule is CC(=O)Nc1nc(COC(=O)/C=C\c2c(C)nn(Cc3ccc(C)cc3)c2C)cs1. The largest absolute Gasteiger partial charge is 0.456 e. The highest BCUT2D eigenvalue weighted by atomic mass is 32.1. The second-order valence-electron chi connectivity index (χ2n) is 6.99. The van der Waals surface area contributed by atoms with Crippen molar-refractivity contribution in [3.05, 3.63) is 69.5 Å². The number of carbonyl (C=O) groups is 2. The molecule has 156 valence electrons. The Morgan fingerprint density at radius 1 is 1.20 bits per heavy atom. The van der Waals surface area contributed by atoms with Crippen LogP contribution in [0.4, 0.5) is 5.13 Å². The lowest BCUT2D eigenvalue weighted by molar-refractivity contribution is -0.139. The van der Waals surface area contributed by atoms with Gasteiger partial charge in [-0.2, -0.15) is 5.10 Å². The summed E-state index contributed by atoms with van der Waals surface area (Å²) < 4.78 is 7.17. The maximum absolute atomic E-state index is 12.1. The van der Waals surface area contributed by atoms with Crippen molar-refractivity contribution in [1.29, 1.82) is 0 Å². The number of esters is 1. The summed E-state index contributed by atoms with van der Waals surface area (Å²) in [4.78, 5) is 27.3. The van der Waals surface area contributed by atoms with E-state index in [4.69, 9.17) is 4.74 Å². The molecule has 1 amide bonds. The van der Waals surface area contributed by atoms with Gasteiger partial charge >= 0.3 is 5.97 Å². The summed E-state index contributed by atoms with van der Waals surface area (Å²) in [5.74, 6) is -0.654. The van der Waals surface area contributed by atoms with E-state index in [1.807, 2.05) is 18.5 Å². The van der Waals surface area contributed by atoms with E-state index in [9.17, 15) is 9.59 Å². The van der Waals surface area contributed by atoms with Crippen molar-refractivity contribution < 1.29 is 14.3 Å². The molecule has 0 unspecified atom stereocenters. The van der Waals surface area contributed by atoms with Gasteiger partial charge < -0.3 is 10.1 Å². The van der Waals surface area contributed by atoms with Crippen molar-refractivity contribution in [2.75, 3.05) is 5.32 Å². The normalized spacial score (nSPS) is 11.1. The van der Waals surface area contributed by atoms with Crippen molar-refractivity contribution >= 4 is 34.4 Å². The molecule has 3 rings (SSSR count). The molecule has 0 radical (unpaired) electrons. The highest BCUT2D eigenvalue weighted by molar-refractivity contribution is 7.13. The zero-order valence-electron chi connectivity index (χ0n) is 17.4. The third kappa shape index (κ3) is 5.64. The number of carbonyl (C=O) groups excluding carboxylic acids is 2. The predicted molar refractivity (Wildman–Crippen MR) is 117 cm³/mol. The van der Waals surface area contributed by atoms with Gasteiger partial charge in [-0.05, 0) is 32.4 Å². The monoisotopic (exact) mass is 424 g/mol. The first kappa shape index (κ1) is 21.4. The molecular formula is C22H24N4O3S. The first-order valence-electron chi connectivity index (χ1n) is 9.48. The second kappa shape index (κ2) is 9.49. The number of aromatic nitrogens is 3. The maximum atomic E-state index is 12.1. The predicted octanol–water partition coefficient (Wildman–Crippen LogP) is 4.03. The van der Waals surface area contributed by atoms with E-state index in [-0.39, 0.29) is 12.5 Å². The van der Waals surface area contributed by atoms with Crippen LogP contribution < -0.4 is 5.32 Å². The Morgan fingerprint density at radius 3 is 2.63 bits per heavy atom. The minimum Gasteiger partial charge on any atom is -0.456 e. The van der Waals surface area contributed by atoms with E-state index in [0.717, 1.165) is 17.0 Å². The Labute approximate surface area is 179 Å². The minimum absolute atomic E-state index is 0.0455. The van der Waals surface area contributed by atoms with Crippen molar-refractivity contribution in [3.8, 4) is 0 Å². The molecule has 2 heterocycles. The summed E-state index contributed by atoms with van der Waals surface area (Å²) in [6.45, 7) is 8.10. The first-order chi connectivity index (χ1) is 14.3. The number of aryl methyl sites for hydroxylation is 2. The van der Waals surface area contributed by atoms with Crippen LogP contribution in [0.25, 0.3) is 6.08 Å². The van der Waals surface area contributed by atoms with Crippen molar-refractivity contribution in [1.82, 2.24) is 14.8 Å². The molecule has 0 saturated heterocycles. The van der Waals surface area contributed by atoms with Crippen LogP contribution in [0.2, 0.25) is 0 Å². The summed E-state index contributed by atoms with van der Waals surface area (Å²) in [6.07, 6.45) is 3.13. The minimum atomic E-state index is -0.464. The molecule has 2 aromatic heterocycles. The van der Waals surface area contributed by atoms with Crippen molar-refractivity contribution in [2.45, 2.75) is 40.8 Å². The topological polar surface area (TPSA) is 86.1 Å². The fraction of sp³-hybridized carbons (Fsp3) is 0.273. The molecule has 0 bridgehead atoms. The number of thiazole rings is 1. The molecule has 1 aromatic carbocycles. The Bertz CT molecular complexity index is 1080. The standard InChI is InChI=1S/C22H24N4O3S/c1-14-5-7-18(8-6-14)11-26-16(3)20(15(2)25-26)9-10-21(28)29-12-19-13-30-22(24-19)23-17(4)27/h5-10,13H,11-12H2,1-4H3,(H,23,24,27)/b10-9-. The summed E-state index contributed by atoms with van der Waals surface area (Å²) in [5, 5.41) is 9.42. The average Bonchev–Trinajstić information content (AvgIpc) is 3.24. The van der Waals surface area contributed by atoms with Gasteiger partial charge in [-0.15, -0.1) is 11.3 Å². The smallest absolute Gasteiger partial charge is 0.331 e. The molecule has 0 aliphatic carbocycles. The number of rotatable bonds is 7. The lowest BCUT2D eigenvalue weighted by atomic mass is 10.1. The zero-order valence-corrected chi connectivity index (χ0v) is 18.2. The van der Waals surface area contributed by atoms with Gasteiger partial charge in [0.2, 0.25) is 5.91 Å². The van der Waals surface area contributed by atoms with E-state index < -0.39 is 5.97 Å². The third-order valence-electron chi connectivity index (χ3n) is 4.47. The lowest BCUT2D eigenvalue weighted by Gasteiger charge is -2.05. The van der Waals surface area contributed by atoms with Crippen LogP contribution in [0.3, 0.4) is 0 Å². The summed E-state index contributed by atoms with van der Waals surface area (Å²) in [5.41, 5.74) is 5.71. The Balaban J connectivity index is 1.60. The van der Waals surface area contributed by atoms with E-state index >= 15 is 0 Å². The van der Waals surface area contributed by atoms with E-state index in [1.54, 1.807) is 11.5 Å². The zero-order chi connectivity index (χ0) is 21.7. The highest BCUT2D eigenvalue weighted by Gasteiger charge is 2.11. The van der Waals surface area contributed by atoms with Gasteiger partial charge in [0.05, 0.1) is 17.9 Å². The molecule has 0 aliphatic heterocycles. The highest BCUT2D eigenvalue weighted by Crippen LogP contribution is 2.18. The number of hydrogen-bond donors (Lipinski definition) is 1. The number of benzene rings is 1. The summed E-state index contributed by atoms with van der Waals surface area (Å²) in [6, 6.07) is 8.35. The molecule has 30 heavy (non-hydrogen) atoms. The molecule has 3 aromatic rings. The Hall–Kier alpha value is -3.26. The molecule has 8 heteroatoms. The van der Waals surface area contributed by atoms with Gasteiger partial charge in [0.15, 0.2) is 5.13 Å². The van der Waals surface area contributed by atoms with Crippen LogP contribution in [0.15, 0.2) is 35.7 Å². The summed E-state index contributed by atoms with van der Waals surface area (Å²) >= 11 is 1.28. The average molecular weight is 425 g/mol. The molecule has 0 atom stereocenters. The van der Waals surface area contributed by atoms with E-state index in [1.165, 1.54) is 35.5 Å².